The highest BCUT2D eigenvalue weighted by atomic mass is 16.7. The lowest BCUT2D eigenvalue weighted by atomic mass is 9.72. The minimum Gasteiger partial charge on any atom is -0.493 e. The number of nitrogens with zero attached hydrogens (tertiary/aromatic N) is 1. The number of ether oxygens (including phenoxy) is 4. The standard InChI is InChI=1S/C25H22N4O8/c1-34-17-4-3-11(7-18(17)35-2)12-5-14-22(16(30)6-12)21(23-24(26-14)27-28-25(23)31)13-8-19-20(37-10-36-19)9-15(13)29(32)33/h3-4,7-9,12,21H,5-6,10H2,1-2H3,(H3,26,27,28,31)/t12-,21-/m0/s1. The number of nitro benzene ring substituents is 1. The largest absolute Gasteiger partial charge is 0.493 e. The van der Waals surface area contributed by atoms with Gasteiger partial charge in [0.05, 0.1) is 36.7 Å². The molecular formula is C25H22N4O8. The molecule has 2 atom stereocenters. The van der Waals surface area contributed by atoms with Crippen LogP contribution in [-0.4, -0.2) is 41.9 Å². The van der Waals surface area contributed by atoms with Crippen molar-refractivity contribution in [3.8, 4) is 23.0 Å². The van der Waals surface area contributed by atoms with Gasteiger partial charge in [-0.1, -0.05) is 6.07 Å². The quantitative estimate of drug-likeness (QED) is 0.349. The molecule has 37 heavy (non-hydrogen) atoms. The number of carbonyl (C=O) groups excluding carboxylic acids is 1. The summed E-state index contributed by atoms with van der Waals surface area (Å²) >= 11 is 0. The second-order valence-electron chi connectivity index (χ2n) is 8.98. The number of hydrogen-bond acceptors (Lipinski definition) is 9. The van der Waals surface area contributed by atoms with E-state index in [0.717, 1.165) is 5.56 Å². The number of fused-ring (bicyclic) bond motifs is 2. The number of aromatic amines is 2. The molecule has 1 aliphatic carbocycles. The fourth-order valence-corrected chi connectivity index (χ4v) is 5.41. The van der Waals surface area contributed by atoms with Crippen molar-refractivity contribution in [3.05, 3.63) is 78.8 Å². The summed E-state index contributed by atoms with van der Waals surface area (Å²) in [5, 5.41) is 20.6. The van der Waals surface area contributed by atoms with Crippen molar-refractivity contribution in [3.63, 3.8) is 0 Å². The molecule has 12 nitrogen and oxygen atoms in total. The topological polar surface area (TPSA) is 158 Å². The number of anilines is 1. The second-order valence-corrected chi connectivity index (χ2v) is 8.98. The third-order valence-electron chi connectivity index (χ3n) is 7.08. The number of H-pyrrole nitrogens is 2. The number of Topliss-reactive ketones (excluding diaryl/α,β-unsaturated/α-hetero) is 1. The summed E-state index contributed by atoms with van der Waals surface area (Å²) in [6.07, 6.45) is 0.598. The average molecular weight is 506 g/mol. The van der Waals surface area contributed by atoms with Gasteiger partial charge in [-0.05, 0) is 36.1 Å². The van der Waals surface area contributed by atoms with Gasteiger partial charge in [-0.25, -0.2) is 0 Å². The lowest BCUT2D eigenvalue weighted by Crippen LogP contribution is -2.31. The van der Waals surface area contributed by atoms with Crippen molar-refractivity contribution in [2.24, 2.45) is 0 Å². The second kappa shape index (κ2) is 8.43. The number of nitro groups is 1. The molecule has 190 valence electrons. The number of ketones is 1. The maximum Gasteiger partial charge on any atom is 0.277 e. The average Bonchev–Trinajstić information content (AvgIpc) is 3.52. The summed E-state index contributed by atoms with van der Waals surface area (Å²) in [5.74, 6) is 0.696. The molecule has 0 radical (unpaired) electrons. The molecule has 0 unspecified atom stereocenters. The Bertz CT molecular complexity index is 1550. The number of allylic oxidation sites excluding steroid dienone is 2. The van der Waals surface area contributed by atoms with E-state index in [1.54, 1.807) is 20.3 Å². The summed E-state index contributed by atoms with van der Waals surface area (Å²) in [7, 11) is 3.10. The van der Waals surface area contributed by atoms with Crippen molar-refractivity contribution >= 4 is 17.3 Å². The first kappa shape index (κ1) is 22.7. The number of carbonyl (C=O) groups is 1. The predicted octanol–water partition coefficient (Wildman–Crippen LogP) is 3.32. The molecule has 2 aliphatic heterocycles. The van der Waals surface area contributed by atoms with E-state index in [4.69, 9.17) is 18.9 Å². The monoisotopic (exact) mass is 506 g/mol. The van der Waals surface area contributed by atoms with Gasteiger partial charge >= 0.3 is 0 Å². The third kappa shape index (κ3) is 3.51. The van der Waals surface area contributed by atoms with Gasteiger partial charge in [0.15, 0.2) is 28.8 Å². The molecule has 0 saturated heterocycles. The van der Waals surface area contributed by atoms with E-state index in [0.29, 0.717) is 40.8 Å². The first-order chi connectivity index (χ1) is 17.9. The van der Waals surface area contributed by atoms with Crippen molar-refractivity contribution in [2.45, 2.75) is 24.7 Å². The Kier molecular flexibility index (Phi) is 5.18. The summed E-state index contributed by atoms with van der Waals surface area (Å²) in [6.45, 7) is -0.0714. The fourth-order valence-electron chi connectivity index (χ4n) is 5.41. The van der Waals surface area contributed by atoms with E-state index in [-0.39, 0.29) is 47.5 Å². The summed E-state index contributed by atoms with van der Waals surface area (Å²) in [6, 6.07) is 8.29. The van der Waals surface area contributed by atoms with Gasteiger partial charge in [0, 0.05) is 23.3 Å². The van der Waals surface area contributed by atoms with E-state index in [1.165, 1.54) is 12.1 Å². The first-order valence-corrected chi connectivity index (χ1v) is 11.5. The first-order valence-electron chi connectivity index (χ1n) is 11.5. The highest BCUT2D eigenvalue weighted by Gasteiger charge is 2.43. The van der Waals surface area contributed by atoms with Gasteiger partial charge in [0.1, 0.15) is 5.82 Å². The lowest BCUT2D eigenvalue weighted by Gasteiger charge is -2.34. The van der Waals surface area contributed by atoms with Crippen molar-refractivity contribution in [2.75, 3.05) is 26.3 Å². The zero-order chi connectivity index (χ0) is 25.8. The number of rotatable bonds is 5. The molecule has 12 heteroatoms. The molecule has 0 amide bonds. The van der Waals surface area contributed by atoms with Crippen LogP contribution in [0.15, 0.2) is 46.4 Å². The van der Waals surface area contributed by atoms with Crippen LogP contribution in [0.4, 0.5) is 11.5 Å². The van der Waals surface area contributed by atoms with Crippen LogP contribution in [0.5, 0.6) is 23.0 Å². The molecule has 0 spiro atoms. The Morgan fingerprint density at radius 3 is 2.49 bits per heavy atom. The normalized spacial score (nSPS) is 19.7. The number of benzene rings is 2. The molecule has 3 heterocycles. The van der Waals surface area contributed by atoms with Crippen molar-refractivity contribution < 1.29 is 28.7 Å². The van der Waals surface area contributed by atoms with Gasteiger partial charge in [-0.15, -0.1) is 0 Å². The smallest absolute Gasteiger partial charge is 0.277 e. The van der Waals surface area contributed by atoms with Crippen LogP contribution in [0, 0.1) is 10.1 Å². The van der Waals surface area contributed by atoms with Crippen LogP contribution in [0.1, 0.15) is 41.4 Å². The van der Waals surface area contributed by atoms with Gasteiger partial charge in [-0.2, -0.15) is 0 Å². The van der Waals surface area contributed by atoms with Gasteiger partial charge in [0.25, 0.3) is 11.2 Å². The van der Waals surface area contributed by atoms with E-state index >= 15 is 0 Å². The number of nitrogens with one attached hydrogen (secondary N) is 3. The molecule has 1 aromatic heterocycles. The van der Waals surface area contributed by atoms with Crippen LogP contribution in [0.3, 0.4) is 0 Å². The Morgan fingerprint density at radius 1 is 1.00 bits per heavy atom. The van der Waals surface area contributed by atoms with Crippen LogP contribution in [-0.2, 0) is 4.79 Å². The SMILES string of the molecule is COc1ccc([C@@H]2CC(=O)C3=C(C2)Nc2[nH][nH]c(=O)c2[C@H]3c2cc3c(cc2[N+](=O)[O-])OCO3)cc1OC. The molecule has 6 rings (SSSR count). The fraction of sp³-hybridized carbons (Fsp3) is 0.280. The van der Waals surface area contributed by atoms with E-state index in [2.05, 4.69) is 15.5 Å². The Hall–Kier alpha value is -4.74. The van der Waals surface area contributed by atoms with E-state index in [9.17, 15) is 19.7 Å². The van der Waals surface area contributed by atoms with Crippen molar-refractivity contribution in [1.29, 1.82) is 0 Å². The minimum atomic E-state index is -0.963. The Morgan fingerprint density at radius 2 is 1.76 bits per heavy atom. The third-order valence-corrected chi connectivity index (χ3v) is 7.08. The van der Waals surface area contributed by atoms with E-state index in [1.807, 2.05) is 12.1 Å². The van der Waals surface area contributed by atoms with Gasteiger partial charge < -0.3 is 24.3 Å². The highest BCUT2D eigenvalue weighted by Crippen LogP contribution is 2.51. The molecule has 3 aromatic rings. The molecule has 0 saturated carbocycles. The Balaban J connectivity index is 1.49. The molecular weight excluding hydrogens is 484 g/mol. The maximum absolute atomic E-state index is 13.7. The number of aromatic nitrogens is 2. The zero-order valence-electron chi connectivity index (χ0n) is 19.9. The predicted molar refractivity (Wildman–Crippen MR) is 130 cm³/mol. The van der Waals surface area contributed by atoms with Gasteiger partial charge in [-0.3, -0.25) is 29.9 Å². The highest BCUT2D eigenvalue weighted by molar-refractivity contribution is 6.02. The maximum atomic E-state index is 13.7. The summed E-state index contributed by atoms with van der Waals surface area (Å²) < 4.78 is 21.5. The van der Waals surface area contributed by atoms with E-state index < -0.39 is 16.4 Å². The van der Waals surface area contributed by atoms with Crippen LogP contribution in [0.25, 0.3) is 0 Å². The molecule has 2 aromatic carbocycles. The number of methoxy groups -OCH3 is 2. The van der Waals surface area contributed by atoms with Gasteiger partial charge in [0.2, 0.25) is 6.79 Å². The Labute approximate surface area is 209 Å². The minimum absolute atomic E-state index is 0.0714. The molecule has 3 aliphatic rings. The molecule has 0 fully saturated rings. The van der Waals surface area contributed by atoms with Crippen LogP contribution < -0.4 is 29.8 Å². The number of hydrogen-bond donors (Lipinski definition) is 3. The molecule has 3 N–H and O–H groups in total. The van der Waals surface area contributed by atoms with Crippen molar-refractivity contribution in [1.82, 2.24) is 10.2 Å². The summed E-state index contributed by atoms with van der Waals surface area (Å²) in [4.78, 5) is 38.1. The van der Waals surface area contributed by atoms with Crippen LogP contribution >= 0.6 is 0 Å². The summed E-state index contributed by atoms with van der Waals surface area (Å²) in [5.41, 5.74) is 1.47. The zero-order valence-corrected chi connectivity index (χ0v) is 19.9. The lowest BCUT2D eigenvalue weighted by molar-refractivity contribution is -0.385. The molecule has 0 bridgehead atoms. The van der Waals surface area contributed by atoms with Crippen LogP contribution in [0.2, 0.25) is 0 Å².